The fourth-order valence-corrected chi connectivity index (χ4v) is 4.74. The highest BCUT2D eigenvalue weighted by Gasteiger charge is 2.44. The Hall–Kier alpha value is -2.76. The second-order valence-electron chi connectivity index (χ2n) is 7.82. The first kappa shape index (κ1) is 16.4. The van der Waals surface area contributed by atoms with Crippen LogP contribution in [0.4, 0.5) is 5.95 Å². The monoisotopic (exact) mass is 360 g/mol. The van der Waals surface area contributed by atoms with Gasteiger partial charge in [0.2, 0.25) is 5.95 Å². The summed E-state index contributed by atoms with van der Waals surface area (Å²) < 4.78 is 1.90. The molecule has 1 saturated heterocycles. The summed E-state index contributed by atoms with van der Waals surface area (Å²) in [5.41, 5.74) is 3.74. The SMILES string of the molecule is Cc1nc(N2CCCC3(CCc4cnc(-c5ccccc5)nc43)C2)n(C)n1. The van der Waals surface area contributed by atoms with E-state index in [0.717, 1.165) is 55.5 Å². The number of anilines is 1. The molecule has 0 saturated carbocycles. The van der Waals surface area contributed by atoms with Crippen molar-refractivity contribution in [3.05, 3.63) is 53.6 Å². The average Bonchev–Trinajstić information content (AvgIpc) is 3.22. The molecule has 0 bridgehead atoms. The molecule has 1 aliphatic heterocycles. The van der Waals surface area contributed by atoms with E-state index >= 15 is 0 Å². The number of piperidine rings is 1. The highest BCUT2D eigenvalue weighted by molar-refractivity contribution is 5.56. The normalized spacial score (nSPS) is 21.6. The van der Waals surface area contributed by atoms with Gasteiger partial charge in [-0.2, -0.15) is 10.1 Å². The summed E-state index contributed by atoms with van der Waals surface area (Å²) in [5, 5.41) is 4.44. The van der Waals surface area contributed by atoms with Crippen LogP contribution in [0.3, 0.4) is 0 Å². The lowest BCUT2D eigenvalue weighted by molar-refractivity contribution is 0.330. The van der Waals surface area contributed by atoms with Gasteiger partial charge in [-0.05, 0) is 38.2 Å². The Morgan fingerprint density at radius 2 is 1.93 bits per heavy atom. The molecule has 3 aromatic rings. The van der Waals surface area contributed by atoms with Gasteiger partial charge in [-0.3, -0.25) is 0 Å². The number of rotatable bonds is 2. The lowest BCUT2D eigenvalue weighted by atomic mass is 9.77. The topological polar surface area (TPSA) is 59.7 Å². The highest BCUT2D eigenvalue weighted by atomic mass is 15.4. The summed E-state index contributed by atoms with van der Waals surface area (Å²) in [6, 6.07) is 10.3. The number of aromatic nitrogens is 5. The van der Waals surface area contributed by atoms with Crippen molar-refractivity contribution >= 4 is 5.95 Å². The standard InChI is InChI=1S/C21H24N6/c1-15-23-20(26(2)25-15)27-12-6-10-21(14-27)11-9-17-13-22-19(24-18(17)21)16-7-4-3-5-8-16/h3-5,7-8,13H,6,9-12,14H2,1-2H3. The quantitative estimate of drug-likeness (QED) is 0.703. The van der Waals surface area contributed by atoms with Crippen LogP contribution in [0.25, 0.3) is 11.4 Å². The molecule has 1 aliphatic carbocycles. The maximum atomic E-state index is 5.08. The number of hydrogen-bond acceptors (Lipinski definition) is 5. The van der Waals surface area contributed by atoms with Gasteiger partial charge >= 0.3 is 0 Å². The van der Waals surface area contributed by atoms with Crippen molar-refractivity contribution in [2.75, 3.05) is 18.0 Å². The molecule has 1 fully saturated rings. The molecule has 1 spiro atoms. The van der Waals surface area contributed by atoms with Gasteiger partial charge in [-0.25, -0.2) is 14.6 Å². The van der Waals surface area contributed by atoms with Crippen molar-refractivity contribution in [2.24, 2.45) is 7.05 Å². The maximum Gasteiger partial charge on any atom is 0.223 e. The van der Waals surface area contributed by atoms with Crippen molar-refractivity contribution in [1.82, 2.24) is 24.7 Å². The van der Waals surface area contributed by atoms with Gasteiger partial charge in [-0.15, -0.1) is 0 Å². The van der Waals surface area contributed by atoms with Gasteiger partial charge in [0.25, 0.3) is 0 Å². The van der Waals surface area contributed by atoms with Crippen molar-refractivity contribution in [3.8, 4) is 11.4 Å². The van der Waals surface area contributed by atoms with Crippen LogP contribution < -0.4 is 4.90 Å². The minimum Gasteiger partial charge on any atom is -0.340 e. The Labute approximate surface area is 159 Å². The zero-order valence-corrected chi connectivity index (χ0v) is 15.9. The second kappa shape index (κ2) is 6.15. The molecular weight excluding hydrogens is 336 g/mol. The molecule has 138 valence electrons. The highest BCUT2D eigenvalue weighted by Crippen LogP contribution is 2.44. The molecule has 1 unspecified atom stereocenters. The largest absolute Gasteiger partial charge is 0.340 e. The Morgan fingerprint density at radius 3 is 2.70 bits per heavy atom. The van der Waals surface area contributed by atoms with Gasteiger partial charge in [0.05, 0.1) is 5.69 Å². The van der Waals surface area contributed by atoms with Crippen LogP contribution in [-0.4, -0.2) is 37.8 Å². The van der Waals surface area contributed by atoms with Gasteiger partial charge in [0.15, 0.2) is 5.82 Å². The van der Waals surface area contributed by atoms with E-state index in [2.05, 4.69) is 32.1 Å². The summed E-state index contributed by atoms with van der Waals surface area (Å²) >= 11 is 0. The zero-order chi connectivity index (χ0) is 18.4. The first-order valence-corrected chi connectivity index (χ1v) is 9.69. The summed E-state index contributed by atoms with van der Waals surface area (Å²) in [4.78, 5) is 16.8. The maximum absolute atomic E-state index is 5.08. The van der Waals surface area contributed by atoms with E-state index in [0.29, 0.717) is 0 Å². The molecule has 0 radical (unpaired) electrons. The predicted octanol–water partition coefficient (Wildman–Crippen LogP) is 3.06. The molecule has 2 aromatic heterocycles. The number of aryl methyl sites for hydroxylation is 3. The molecule has 6 nitrogen and oxygen atoms in total. The molecular formula is C21H24N6. The van der Waals surface area contributed by atoms with E-state index in [9.17, 15) is 0 Å². The van der Waals surface area contributed by atoms with E-state index in [1.807, 2.05) is 43.0 Å². The van der Waals surface area contributed by atoms with Gasteiger partial charge in [-0.1, -0.05) is 30.3 Å². The van der Waals surface area contributed by atoms with E-state index < -0.39 is 0 Å². The van der Waals surface area contributed by atoms with Crippen LogP contribution in [0, 0.1) is 6.92 Å². The van der Waals surface area contributed by atoms with Crippen LogP contribution >= 0.6 is 0 Å². The van der Waals surface area contributed by atoms with E-state index in [-0.39, 0.29) is 5.41 Å². The Balaban J connectivity index is 1.52. The van der Waals surface area contributed by atoms with Crippen LogP contribution in [0.1, 0.15) is 36.3 Å². The second-order valence-corrected chi connectivity index (χ2v) is 7.82. The lowest BCUT2D eigenvalue weighted by Gasteiger charge is -2.40. The molecule has 6 heteroatoms. The number of nitrogens with zero attached hydrogens (tertiary/aromatic N) is 6. The minimum absolute atomic E-state index is 0.0971. The molecule has 1 atom stereocenters. The molecule has 5 rings (SSSR count). The van der Waals surface area contributed by atoms with Crippen LogP contribution in [0.5, 0.6) is 0 Å². The van der Waals surface area contributed by atoms with Gasteiger partial charge in [0, 0.05) is 37.3 Å². The third kappa shape index (κ3) is 2.71. The van der Waals surface area contributed by atoms with Crippen LogP contribution in [-0.2, 0) is 18.9 Å². The van der Waals surface area contributed by atoms with E-state index in [1.165, 1.54) is 17.7 Å². The molecule has 2 aliphatic rings. The van der Waals surface area contributed by atoms with Crippen LogP contribution in [0.2, 0.25) is 0 Å². The predicted molar refractivity (Wildman–Crippen MR) is 105 cm³/mol. The summed E-state index contributed by atoms with van der Waals surface area (Å²) in [6.07, 6.45) is 6.58. The average molecular weight is 360 g/mol. The molecule has 27 heavy (non-hydrogen) atoms. The van der Waals surface area contributed by atoms with E-state index in [1.54, 1.807) is 0 Å². The van der Waals surface area contributed by atoms with Crippen molar-refractivity contribution in [2.45, 2.75) is 38.0 Å². The third-order valence-corrected chi connectivity index (χ3v) is 5.98. The summed E-state index contributed by atoms with van der Waals surface area (Å²) in [7, 11) is 1.98. The third-order valence-electron chi connectivity index (χ3n) is 5.98. The Bertz CT molecular complexity index is 976. The fourth-order valence-electron chi connectivity index (χ4n) is 4.74. The number of hydrogen-bond donors (Lipinski definition) is 0. The van der Waals surface area contributed by atoms with Crippen molar-refractivity contribution in [3.63, 3.8) is 0 Å². The first-order valence-electron chi connectivity index (χ1n) is 9.69. The first-order chi connectivity index (χ1) is 13.1. The summed E-state index contributed by atoms with van der Waals surface area (Å²) in [5.74, 6) is 2.63. The minimum atomic E-state index is 0.0971. The molecule has 1 aromatic carbocycles. The molecule has 3 heterocycles. The van der Waals surface area contributed by atoms with Crippen LogP contribution in [0.15, 0.2) is 36.5 Å². The fraction of sp³-hybridized carbons (Fsp3) is 0.429. The van der Waals surface area contributed by atoms with Gasteiger partial charge < -0.3 is 4.90 Å². The van der Waals surface area contributed by atoms with Gasteiger partial charge in [0.1, 0.15) is 5.82 Å². The molecule has 0 amide bonds. The smallest absolute Gasteiger partial charge is 0.223 e. The van der Waals surface area contributed by atoms with E-state index in [4.69, 9.17) is 4.98 Å². The Morgan fingerprint density at radius 1 is 1.07 bits per heavy atom. The Kier molecular flexibility index (Phi) is 3.74. The lowest BCUT2D eigenvalue weighted by Crippen LogP contribution is -2.46. The zero-order valence-electron chi connectivity index (χ0n) is 15.9. The van der Waals surface area contributed by atoms with Crippen molar-refractivity contribution in [1.29, 1.82) is 0 Å². The summed E-state index contributed by atoms with van der Waals surface area (Å²) in [6.45, 7) is 3.93. The molecule has 0 N–H and O–H groups in total. The van der Waals surface area contributed by atoms with Crippen molar-refractivity contribution < 1.29 is 0 Å². The number of benzene rings is 1. The number of fused-ring (bicyclic) bond motifs is 2.